The van der Waals surface area contributed by atoms with E-state index < -0.39 is 22.2 Å². The van der Waals surface area contributed by atoms with Gasteiger partial charge in [-0.05, 0) is 19.3 Å². The quantitative estimate of drug-likeness (QED) is 0.448. The van der Waals surface area contributed by atoms with Crippen molar-refractivity contribution < 1.29 is 18.8 Å². The summed E-state index contributed by atoms with van der Waals surface area (Å²) in [6.45, 7) is 0.429. The molecule has 0 amide bonds. The van der Waals surface area contributed by atoms with E-state index in [-0.39, 0.29) is 12.3 Å². The lowest BCUT2D eigenvalue weighted by atomic mass is 10.2. The summed E-state index contributed by atoms with van der Waals surface area (Å²) in [5.41, 5.74) is -0.917. The highest BCUT2D eigenvalue weighted by Crippen LogP contribution is 2.28. The Hall–Kier alpha value is -1.76. The number of hydrogen-bond donors (Lipinski definition) is 2. The largest absolute Gasteiger partial charge is 0.396 e. The van der Waals surface area contributed by atoms with Crippen LogP contribution >= 0.6 is 0 Å². The first-order chi connectivity index (χ1) is 8.56. The minimum Gasteiger partial charge on any atom is -0.396 e. The molecule has 100 valence electrons. The fraction of sp³-hybridized carbons (Fsp3) is 0.455. The summed E-state index contributed by atoms with van der Waals surface area (Å²) in [5, 5.41) is 21.9. The van der Waals surface area contributed by atoms with E-state index in [9.17, 15) is 18.9 Å². The van der Waals surface area contributed by atoms with Crippen LogP contribution in [0.1, 0.15) is 19.3 Å². The summed E-state index contributed by atoms with van der Waals surface area (Å²) in [7, 11) is 0. The molecule has 2 N–H and O–H groups in total. The molecule has 0 aromatic heterocycles. The number of aliphatic hydroxyl groups is 1. The lowest BCUT2D eigenvalue weighted by molar-refractivity contribution is -0.386. The molecule has 0 aliphatic heterocycles. The predicted molar refractivity (Wildman–Crippen MR) is 62.4 cm³/mol. The Kier molecular flexibility index (Phi) is 5.44. The van der Waals surface area contributed by atoms with Gasteiger partial charge in [-0.1, -0.05) is 0 Å². The van der Waals surface area contributed by atoms with Gasteiger partial charge >= 0.3 is 5.69 Å². The highest BCUT2D eigenvalue weighted by Gasteiger charge is 2.21. The van der Waals surface area contributed by atoms with E-state index in [0.717, 1.165) is 12.5 Å². The van der Waals surface area contributed by atoms with Crippen molar-refractivity contribution in [3.63, 3.8) is 0 Å². The molecule has 0 aliphatic carbocycles. The molecular formula is C11H14F2N2O3. The van der Waals surface area contributed by atoms with Crippen LogP contribution in [-0.4, -0.2) is 23.2 Å². The average Bonchev–Trinajstić information content (AvgIpc) is 2.27. The first-order valence-electron chi connectivity index (χ1n) is 5.54. The van der Waals surface area contributed by atoms with Crippen LogP contribution < -0.4 is 5.32 Å². The standard InChI is InChI=1S/C11H14F2N2O3/c12-8-6-9(13)11(15(17)18)10(7-8)14-4-2-1-3-5-16/h6-7,14,16H,1-5H2. The van der Waals surface area contributed by atoms with Crippen LogP contribution in [0, 0.1) is 21.7 Å². The summed E-state index contributed by atoms with van der Waals surface area (Å²) in [6.07, 6.45) is 2.01. The Balaban J connectivity index is 2.71. The summed E-state index contributed by atoms with van der Waals surface area (Å²) in [4.78, 5) is 9.78. The smallest absolute Gasteiger partial charge is 0.327 e. The molecule has 0 bridgehead atoms. The fourth-order valence-electron chi connectivity index (χ4n) is 1.52. The van der Waals surface area contributed by atoms with Crippen molar-refractivity contribution in [2.75, 3.05) is 18.5 Å². The number of anilines is 1. The van der Waals surface area contributed by atoms with Gasteiger partial charge in [0.1, 0.15) is 11.5 Å². The van der Waals surface area contributed by atoms with Crippen molar-refractivity contribution in [1.29, 1.82) is 0 Å². The van der Waals surface area contributed by atoms with Crippen molar-refractivity contribution in [3.8, 4) is 0 Å². The third-order valence-electron chi connectivity index (χ3n) is 2.36. The SMILES string of the molecule is O=[N+]([O-])c1c(F)cc(F)cc1NCCCCCO. The summed E-state index contributed by atoms with van der Waals surface area (Å²) in [6, 6.07) is 1.38. The molecular weight excluding hydrogens is 246 g/mol. The van der Waals surface area contributed by atoms with Crippen LogP contribution in [0.3, 0.4) is 0 Å². The Labute approximate surface area is 103 Å². The van der Waals surface area contributed by atoms with Gasteiger partial charge in [0.05, 0.1) is 4.92 Å². The van der Waals surface area contributed by atoms with Gasteiger partial charge in [0.2, 0.25) is 5.82 Å². The van der Waals surface area contributed by atoms with Crippen molar-refractivity contribution >= 4 is 11.4 Å². The molecule has 0 fully saturated rings. The van der Waals surface area contributed by atoms with E-state index in [1.807, 2.05) is 0 Å². The minimum absolute atomic E-state index is 0.0781. The number of aliphatic hydroxyl groups excluding tert-OH is 1. The molecule has 1 aromatic carbocycles. The minimum atomic E-state index is -1.20. The van der Waals surface area contributed by atoms with Crippen LogP contribution in [0.2, 0.25) is 0 Å². The molecule has 1 aromatic rings. The van der Waals surface area contributed by atoms with Gasteiger partial charge < -0.3 is 10.4 Å². The second-order valence-corrected chi connectivity index (χ2v) is 3.75. The number of benzene rings is 1. The first kappa shape index (κ1) is 14.3. The number of nitrogens with zero attached hydrogens (tertiary/aromatic N) is 1. The van der Waals surface area contributed by atoms with Crippen molar-refractivity contribution in [2.24, 2.45) is 0 Å². The van der Waals surface area contributed by atoms with E-state index in [1.54, 1.807) is 0 Å². The zero-order valence-electron chi connectivity index (χ0n) is 9.66. The summed E-state index contributed by atoms with van der Waals surface area (Å²) in [5.74, 6) is -2.06. The number of nitro groups is 1. The lowest BCUT2D eigenvalue weighted by Crippen LogP contribution is -2.06. The molecule has 0 radical (unpaired) electrons. The predicted octanol–water partition coefficient (Wildman–Crippen LogP) is 2.45. The molecule has 0 saturated heterocycles. The van der Waals surface area contributed by atoms with Gasteiger partial charge in [-0.25, -0.2) is 4.39 Å². The zero-order valence-corrected chi connectivity index (χ0v) is 9.66. The maximum absolute atomic E-state index is 13.2. The molecule has 1 rings (SSSR count). The van der Waals surface area contributed by atoms with Gasteiger partial charge in [-0.2, -0.15) is 4.39 Å². The number of nitro benzene ring substituents is 1. The van der Waals surface area contributed by atoms with Crippen LogP contribution in [0.5, 0.6) is 0 Å². The molecule has 0 heterocycles. The highest BCUT2D eigenvalue weighted by molar-refractivity contribution is 5.62. The number of nitrogens with one attached hydrogen (secondary N) is 1. The normalized spacial score (nSPS) is 10.4. The summed E-state index contributed by atoms with van der Waals surface area (Å²) >= 11 is 0. The third-order valence-corrected chi connectivity index (χ3v) is 2.36. The maximum Gasteiger partial charge on any atom is 0.327 e. The lowest BCUT2D eigenvalue weighted by Gasteiger charge is -2.07. The fourth-order valence-corrected chi connectivity index (χ4v) is 1.52. The summed E-state index contributed by atoms with van der Waals surface area (Å²) < 4.78 is 26.2. The van der Waals surface area contributed by atoms with Crippen molar-refractivity contribution in [1.82, 2.24) is 0 Å². The Bertz CT molecular complexity index is 427. The van der Waals surface area contributed by atoms with Gasteiger partial charge in [0.15, 0.2) is 0 Å². The number of unbranched alkanes of at least 4 members (excludes halogenated alkanes) is 2. The number of halogens is 2. The third kappa shape index (κ3) is 3.92. The molecule has 0 spiro atoms. The zero-order chi connectivity index (χ0) is 13.5. The van der Waals surface area contributed by atoms with Gasteiger partial charge in [0.25, 0.3) is 0 Å². The second kappa shape index (κ2) is 6.85. The number of hydrogen-bond acceptors (Lipinski definition) is 4. The average molecular weight is 260 g/mol. The highest BCUT2D eigenvalue weighted by atomic mass is 19.1. The van der Waals surface area contributed by atoms with E-state index in [1.165, 1.54) is 0 Å². The van der Waals surface area contributed by atoms with Crippen molar-refractivity contribution in [2.45, 2.75) is 19.3 Å². The second-order valence-electron chi connectivity index (χ2n) is 3.75. The van der Waals surface area contributed by atoms with Crippen molar-refractivity contribution in [3.05, 3.63) is 33.9 Å². The Morgan fingerprint density at radius 3 is 2.61 bits per heavy atom. The molecule has 5 nitrogen and oxygen atoms in total. The van der Waals surface area contributed by atoms with Gasteiger partial charge in [0, 0.05) is 25.3 Å². The molecule has 0 atom stereocenters. The topological polar surface area (TPSA) is 75.4 Å². The van der Waals surface area contributed by atoms with Crippen LogP contribution in [0.4, 0.5) is 20.2 Å². The van der Waals surface area contributed by atoms with E-state index in [2.05, 4.69) is 5.32 Å². The van der Waals surface area contributed by atoms with E-state index in [0.29, 0.717) is 25.5 Å². The monoisotopic (exact) mass is 260 g/mol. The molecule has 0 aliphatic rings. The Morgan fingerprint density at radius 2 is 2.00 bits per heavy atom. The van der Waals surface area contributed by atoms with Gasteiger partial charge in [-0.3, -0.25) is 10.1 Å². The first-order valence-corrected chi connectivity index (χ1v) is 5.54. The van der Waals surface area contributed by atoms with E-state index >= 15 is 0 Å². The maximum atomic E-state index is 13.2. The molecule has 0 saturated carbocycles. The van der Waals surface area contributed by atoms with Crippen LogP contribution in [0.25, 0.3) is 0 Å². The molecule has 18 heavy (non-hydrogen) atoms. The molecule has 7 heteroatoms. The Morgan fingerprint density at radius 1 is 1.28 bits per heavy atom. The number of rotatable bonds is 7. The molecule has 0 unspecified atom stereocenters. The van der Waals surface area contributed by atoms with Crippen LogP contribution in [-0.2, 0) is 0 Å². The van der Waals surface area contributed by atoms with Gasteiger partial charge in [-0.15, -0.1) is 0 Å². The van der Waals surface area contributed by atoms with E-state index in [4.69, 9.17) is 5.11 Å². The van der Waals surface area contributed by atoms with Crippen LogP contribution in [0.15, 0.2) is 12.1 Å².